The van der Waals surface area contributed by atoms with E-state index in [4.69, 9.17) is 9.47 Å². The molecule has 3 aromatic rings. The van der Waals surface area contributed by atoms with Crippen LogP contribution in [-0.2, 0) is 44.8 Å². The maximum absolute atomic E-state index is 13.5. The number of alkyl halides is 1. The van der Waals surface area contributed by atoms with Crippen molar-refractivity contribution >= 4 is 86.8 Å². The number of piperidine rings is 1. The fourth-order valence-corrected chi connectivity index (χ4v) is 9.43. The van der Waals surface area contributed by atoms with Gasteiger partial charge < -0.3 is 51.3 Å². The lowest BCUT2D eigenvalue weighted by atomic mass is 9.95. The number of imide groups is 1. The maximum Gasteiger partial charge on any atom is 0.410 e. The van der Waals surface area contributed by atoms with Crippen LogP contribution in [0.1, 0.15) is 59.4 Å². The average Bonchev–Trinajstić information content (AvgIpc) is 3.74. The summed E-state index contributed by atoms with van der Waals surface area (Å²) in [6.45, 7) is 8.51. The third-order valence-corrected chi connectivity index (χ3v) is 13.5. The number of halogens is 1. The highest BCUT2D eigenvalue weighted by Gasteiger charge is 2.74. The quantitative estimate of drug-likeness (QED) is 0.0577. The number of anilines is 2. The number of nitrogens with one attached hydrogen (secondary N) is 6. The highest BCUT2D eigenvalue weighted by Crippen LogP contribution is 2.62. The molecule has 2 aromatic heterocycles. The first-order valence-corrected chi connectivity index (χ1v) is 22.1. The molecule has 64 heavy (non-hydrogen) atoms. The number of nitrogens with zero attached hydrogens (tertiary/aromatic N) is 5. The summed E-state index contributed by atoms with van der Waals surface area (Å²) in [6.07, 6.45) is -2.00. The standard InChI is InChI=1S/C41H52IN11O11/c1-18(2)27(49-24(54)12-14-53-38(60)25-26(39(53)61)41(25,5)42)36(59)47-19(3)34(57)48-22-10-8-21(9-11-22)15-63-40(62)52-13-6-7-23(52)35(58)50-28-20(4)64-37(31(56)30(28)55)51-33-29-32(44-16-43-29)45-17-46-33/h8-11,16-20,23,25-28,30-31,37,55-56H,6-7,12-15H2,1-5H3,(H,47,59)(H,48,57)(H,49,54)(H,50,58)(H2,43,44,45,46,51)/t19-,20-,23+,25?,26?,27-,28-,30+,31-,37-,41?/m0/s1. The van der Waals surface area contributed by atoms with Crippen molar-refractivity contribution in [1.82, 2.24) is 45.7 Å². The normalized spacial score (nSPS) is 28.3. The Morgan fingerprint density at radius 2 is 1.70 bits per heavy atom. The lowest BCUT2D eigenvalue weighted by Gasteiger charge is -2.42. The van der Waals surface area contributed by atoms with Crippen molar-refractivity contribution in [3.05, 3.63) is 42.5 Å². The van der Waals surface area contributed by atoms with Gasteiger partial charge in [0.15, 0.2) is 17.7 Å². The Morgan fingerprint density at radius 3 is 2.39 bits per heavy atom. The number of hydrogen-bond acceptors (Lipinski definition) is 15. The SMILES string of the molecule is CC(C)[C@H](NC(=O)CCN1C(=O)C2C(C1=O)C2(C)I)C(=O)N[C@@H](C)C(=O)Nc1ccc(COC(=O)N2CCC[C@@H]2C(=O)N[C@@H]2[C@@H](O)[C@H](O)[C@@H](Nc3ncnc4nc[nH]c34)O[C@H]2C)cc1. The molecule has 5 heterocycles. The molecule has 0 radical (unpaired) electrons. The Kier molecular flexibility index (Phi) is 13.7. The highest BCUT2D eigenvalue weighted by molar-refractivity contribution is 14.1. The van der Waals surface area contributed by atoms with Crippen LogP contribution in [0.2, 0.25) is 0 Å². The first-order chi connectivity index (χ1) is 30.4. The van der Waals surface area contributed by atoms with Crippen molar-refractivity contribution in [2.75, 3.05) is 23.7 Å². The smallest absolute Gasteiger partial charge is 0.410 e. The van der Waals surface area contributed by atoms with E-state index in [0.29, 0.717) is 41.1 Å². The van der Waals surface area contributed by atoms with Crippen LogP contribution in [0.25, 0.3) is 11.2 Å². The average molecular weight is 1000 g/mol. The molecule has 4 aliphatic rings. The predicted molar refractivity (Wildman–Crippen MR) is 234 cm³/mol. The number of aliphatic hydroxyl groups is 2. The summed E-state index contributed by atoms with van der Waals surface area (Å²) in [5.41, 5.74) is 1.86. The van der Waals surface area contributed by atoms with E-state index in [1.807, 2.05) is 6.92 Å². The van der Waals surface area contributed by atoms with E-state index < -0.39 is 78.4 Å². The fourth-order valence-electron chi connectivity index (χ4n) is 8.36. The summed E-state index contributed by atoms with van der Waals surface area (Å²) in [5, 5.41) is 35.7. The Balaban J connectivity index is 0.836. The summed E-state index contributed by atoms with van der Waals surface area (Å²) in [5.74, 6) is -3.47. The number of carbonyl (C=O) groups excluding carboxylic acids is 7. The Morgan fingerprint density at radius 1 is 1.00 bits per heavy atom. The number of benzene rings is 1. The second-order valence-electron chi connectivity index (χ2n) is 17.0. The number of carbonyl (C=O) groups is 7. The van der Waals surface area contributed by atoms with Crippen LogP contribution in [0, 0.1) is 17.8 Å². The molecule has 1 aliphatic carbocycles. The molecular formula is C41H52IN11O11. The van der Waals surface area contributed by atoms with Crippen molar-refractivity contribution < 1.29 is 53.2 Å². The zero-order valence-corrected chi connectivity index (χ0v) is 37.9. The van der Waals surface area contributed by atoms with E-state index in [0.717, 1.165) is 4.90 Å². The summed E-state index contributed by atoms with van der Waals surface area (Å²) < 4.78 is 11.1. The molecule has 7 rings (SSSR count). The first-order valence-electron chi connectivity index (χ1n) is 21.1. The molecule has 22 nitrogen and oxygen atoms in total. The summed E-state index contributed by atoms with van der Waals surface area (Å²) >= 11 is 2.12. The molecule has 3 saturated heterocycles. The van der Waals surface area contributed by atoms with E-state index in [1.54, 1.807) is 45.0 Å². The number of H-pyrrole nitrogens is 1. The lowest BCUT2D eigenvalue weighted by Crippen LogP contribution is -2.65. The molecule has 1 saturated carbocycles. The Bertz CT molecular complexity index is 2270. The van der Waals surface area contributed by atoms with E-state index >= 15 is 0 Å². The van der Waals surface area contributed by atoms with Crippen LogP contribution in [-0.4, -0.2) is 147 Å². The number of aliphatic hydroxyl groups excluding tert-OH is 2. The fraction of sp³-hybridized carbons (Fsp3) is 0.561. The second kappa shape index (κ2) is 18.9. The topological polar surface area (TPSA) is 300 Å². The monoisotopic (exact) mass is 1000 g/mol. The van der Waals surface area contributed by atoms with Crippen molar-refractivity contribution in [3.63, 3.8) is 0 Å². The van der Waals surface area contributed by atoms with Gasteiger partial charge in [-0.25, -0.2) is 19.7 Å². The maximum atomic E-state index is 13.5. The third kappa shape index (κ3) is 9.61. The van der Waals surface area contributed by atoms with E-state index in [9.17, 15) is 43.8 Å². The minimum atomic E-state index is -1.47. The number of hydrogen-bond donors (Lipinski definition) is 8. The lowest BCUT2D eigenvalue weighted by molar-refractivity contribution is -0.173. The number of imidazole rings is 1. The molecule has 4 fully saturated rings. The number of rotatable bonds is 15. The van der Waals surface area contributed by atoms with Crippen molar-refractivity contribution in [2.24, 2.45) is 17.8 Å². The summed E-state index contributed by atoms with van der Waals surface area (Å²) in [4.78, 5) is 109. The molecule has 3 aliphatic heterocycles. The molecular weight excluding hydrogens is 949 g/mol. The number of amides is 7. The van der Waals surface area contributed by atoms with Gasteiger partial charge in [-0.1, -0.05) is 48.6 Å². The molecule has 344 valence electrons. The van der Waals surface area contributed by atoms with Crippen LogP contribution in [0.4, 0.5) is 16.3 Å². The van der Waals surface area contributed by atoms with E-state index in [1.165, 1.54) is 24.5 Å². The van der Waals surface area contributed by atoms with Gasteiger partial charge in [0.05, 0.1) is 30.3 Å². The van der Waals surface area contributed by atoms with Gasteiger partial charge in [-0.2, -0.15) is 0 Å². The van der Waals surface area contributed by atoms with Gasteiger partial charge in [-0.15, -0.1) is 0 Å². The number of fused-ring (bicyclic) bond motifs is 2. The number of aromatic nitrogens is 4. The number of ether oxygens (including phenoxy) is 2. The van der Waals surface area contributed by atoms with Gasteiger partial charge in [0.1, 0.15) is 48.8 Å². The van der Waals surface area contributed by atoms with Crippen LogP contribution < -0.4 is 26.6 Å². The molecule has 0 spiro atoms. The largest absolute Gasteiger partial charge is 0.445 e. The molecule has 23 heteroatoms. The molecule has 1 aromatic carbocycles. The number of aromatic amines is 1. The van der Waals surface area contributed by atoms with Gasteiger partial charge in [-0.3, -0.25) is 38.6 Å². The van der Waals surface area contributed by atoms with E-state index in [2.05, 4.69) is 69.1 Å². The Labute approximate surface area is 380 Å². The third-order valence-electron chi connectivity index (χ3n) is 12.2. The van der Waals surface area contributed by atoms with Gasteiger partial charge in [-0.05, 0) is 57.2 Å². The molecule has 7 amide bonds. The summed E-state index contributed by atoms with van der Waals surface area (Å²) in [7, 11) is 0. The van der Waals surface area contributed by atoms with Gasteiger partial charge >= 0.3 is 6.09 Å². The molecule has 10 atom stereocenters. The summed E-state index contributed by atoms with van der Waals surface area (Å²) in [6, 6.07) is 2.60. The van der Waals surface area contributed by atoms with Crippen LogP contribution >= 0.6 is 22.6 Å². The van der Waals surface area contributed by atoms with Gasteiger partial charge in [0, 0.05) is 28.6 Å². The first kappa shape index (κ1) is 46.5. The van der Waals surface area contributed by atoms with Crippen molar-refractivity contribution in [2.45, 2.75) is 113 Å². The highest BCUT2D eigenvalue weighted by atomic mass is 127. The zero-order chi connectivity index (χ0) is 46.2. The predicted octanol–water partition coefficient (Wildman–Crippen LogP) is 0.300. The zero-order valence-electron chi connectivity index (χ0n) is 35.7. The van der Waals surface area contributed by atoms with E-state index in [-0.39, 0.29) is 59.1 Å². The van der Waals surface area contributed by atoms with Crippen molar-refractivity contribution in [3.8, 4) is 0 Å². The Hall–Kier alpha value is -5.53. The minimum Gasteiger partial charge on any atom is -0.445 e. The van der Waals surface area contributed by atoms with Gasteiger partial charge in [0.25, 0.3) is 0 Å². The molecule has 8 N–H and O–H groups in total. The van der Waals surface area contributed by atoms with Gasteiger partial charge in [0.2, 0.25) is 35.4 Å². The molecule has 2 unspecified atom stereocenters. The van der Waals surface area contributed by atoms with Crippen LogP contribution in [0.5, 0.6) is 0 Å². The van der Waals surface area contributed by atoms with Crippen LogP contribution in [0.3, 0.4) is 0 Å². The van der Waals surface area contributed by atoms with Crippen LogP contribution in [0.15, 0.2) is 36.9 Å². The molecule has 0 bridgehead atoms. The second-order valence-corrected chi connectivity index (χ2v) is 19.4. The minimum absolute atomic E-state index is 0.0758. The van der Waals surface area contributed by atoms with Crippen molar-refractivity contribution in [1.29, 1.82) is 0 Å². The number of likely N-dealkylation sites (tertiary alicyclic amines) is 2.